The summed E-state index contributed by atoms with van der Waals surface area (Å²) in [7, 11) is 0. The Balaban J connectivity index is 2.72. The molecule has 0 aromatic heterocycles. The summed E-state index contributed by atoms with van der Waals surface area (Å²) in [6, 6.07) is 7.83. The van der Waals surface area contributed by atoms with Crippen LogP contribution in [0.25, 0.3) is 0 Å². The Hall–Kier alpha value is -1.06. The number of aliphatic hydroxyl groups excluding tert-OH is 1. The second-order valence-corrected chi connectivity index (χ2v) is 5.19. The third-order valence-electron chi connectivity index (χ3n) is 3.19. The monoisotopic (exact) mass is 265 g/mol. The number of ether oxygens (including phenoxy) is 1. The van der Waals surface area contributed by atoms with Crippen molar-refractivity contribution in [1.29, 1.82) is 0 Å². The van der Waals surface area contributed by atoms with Gasteiger partial charge < -0.3 is 15.2 Å². The fourth-order valence-electron chi connectivity index (χ4n) is 2.14. The van der Waals surface area contributed by atoms with Crippen LogP contribution in [-0.4, -0.2) is 24.3 Å². The molecule has 1 aromatic carbocycles. The van der Waals surface area contributed by atoms with Crippen molar-refractivity contribution in [3.63, 3.8) is 0 Å². The maximum atomic E-state index is 10.4. The second kappa shape index (κ2) is 8.18. The molecular formula is C16H27NO2. The minimum Gasteiger partial charge on any atom is -0.494 e. The van der Waals surface area contributed by atoms with Crippen LogP contribution in [0.15, 0.2) is 24.3 Å². The fraction of sp³-hybridized carbons (Fsp3) is 0.625. The third-order valence-corrected chi connectivity index (χ3v) is 3.19. The Morgan fingerprint density at radius 1 is 1.16 bits per heavy atom. The first-order valence-electron chi connectivity index (χ1n) is 7.24. The molecule has 0 fully saturated rings. The van der Waals surface area contributed by atoms with Gasteiger partial charge in [-0.25, -0.2) is 0 Å². The average Bonchev–Trinajstić information content (AvgIpc) is 2.42. The summed E-state index contributed by atoms with van der Waals surface area (Å²) >= 11 is 0. The topological polar surface area (TPSA) is 41.5 Å². The molecule has 0 spiro atoms. The molecule has 2 unspecified atom stereocenters. The van der Waals surface area contributed by atoms with Crippen molar-refractivity contribution in [2.24, 2.45) is 5.92 Å². The van der Waals surface area contributed by atoms with Gasteiger partial charge in [-0.2, -0.15) is 0 Å². The Bertz CT molecular complexity index is 348. The van der Waals surface area contributed by atoms with E-state index in [9.17, 15) is 5.11 Å². The smallest absolute Gasteiger partial charge is 0.119 e. The zero-order valence-electron chi connectivity index (χ0n) is 12.5. The highest BCUT2D eigenvalue weighted by Gasteiger charge is 2.22. The summed E-state index contributed by atoms with van der Waals surface area (Å²) in [5.74, 6) is 1.24. The van der Waals surface area contributed by atoms with Gasteiger partial charge in [0.25, 0.3) is 0 Å². The molecule has 0 heterocycles. The van der Waals surface area contributed by atoms with Crippen LogP contribution in [0, 0.1) is 5.92 Å². The van der Waals surface area contributed by atoms with Crippen molar-refractivity contribution in [2.45, 2.75) is 46.3 Å². The highest BCUT2D eigenvalue weighted by atomic mass is 16.5. The highest BCUT2D eigenvalue weighted by molar-refractivity contribution is 5.29. The van der Waals surface area contributed by atoms with Crippen molar-refractivity contribution in [1.82, 2.24) is 5.32 Å². The quantitative estimate of drug-likeness (QED) is 0.758. The van der Waals surface area contributed by atoms with Crippen molar-refractivity contribution in [2.75, 3.05) is 13.2 Å². The normalized spacial score (nSPS) is 14.4. The van der Waals surface area contributed by atoms with Crippen LogP contribution in [-0.2, 0) is 0 Å². The first kappa shape index (κ1) is 16.0. The average molecular weight is 265 g/mol. The number of rotatable bonds is 8. The van der Waals surface area contributed by atoms with Crippen LogP contribution < -0.4 is 10.1 Å². The molecule has 19 heavy (non-hydrogen) atoms. The van der Waals surface area contributed by atoms with E-state index in [1.54, 1.807) is 0 Å². The molecule has 0 saturated heterocycles. The zero-order chi connectivity index (χ0) is 14.3. The number of aliphatic hydroxyl groups is 1. The number of likely N-dealkylation sites (N-methyl/N-ethyl adjacent to an activating group) is 1. The molecule has 0 aliphatic rings. The minimum atomic E-state index is -0.486. The van der Waals surface area contributed by atoms with Crippen LogP contribution in [0.2, 0.25) is 0 Å². The first-order chi connectivity index (χ1) is 9.10. The van der Waals surface area contributed by atoms with Crippen molar-refractivity contribution < 1.29 is 9.84 Å². The zero-order valence-corrected chi connectivity index (χ0v) is 12.5. The molecule has 0 radical (unpaired) electrons. The van der Waals surface area contributed by atoms with Gasteiger partial charge in [0.05, 0.1) is 12.7 Å². The maximum Gasteiger partial charge on any atom is 0.119 e. The fourth-order valence-corrected chi connectivity index (χ4v) is 2.14. The molecule has 2 N–H and O–H groups in total. The molecule has 2 atom stereocenters. The molecule has 0 amide bonds. The lowest BCUT2D eigenvalue weighted by atomic mass is 9.93. The van der Waals surface area contributed by atoms with E-state index in [4.69, 9.17) is 4.74 Å². The Morgan fingerprint density at radius 2 is 1.79 bits per heavy atom. The molecule has 0 bridgehead atoms. The lowest BCUT2D eigenvalue weighted by molar-refractivity contribution is 0.106. The van der Waals surface area contributed by atoms with E-state index in [0.717, 1.165) is 30.9 Å². The van der Waals surface area contributed by atoms with Gasteiger partial charge in [-0.1, -0.05) is 39.8 Å². The van der Waals surface area contributed by atoms with Gasteiger partial charge in [-0.3, -0.25) is 0 Å². The van der Waals surface area contributed by atoms with Crippen LogP contribution in [0.5, 0.6) is 5.75 Å². The second-order valence-electron chi connectivity index (χ2n) is 5.19. The molecule has 0 aliphatic carbocycles. The molecule has 0 aliphatic heterocycles. The summed E-state index contributed by atoms with van der Waals surface area (Å²) < 4.78 is 5.55. The van der Waals surface area contributed by atoms with Crippen LogP contribution in [0.1, 0.15) is 45.8 Å². The predicted molar refractivity (Wildman–Crippen MR) is 79.5 cm³/mol. The summed E-state index contributed by atoms with van der Waals surface area (Å²) in [6.07, 6.45) is 0.514. The maximum absolute atomic E-state index is 10.4. The molecular weight excluding hydrogens is 238 g/mol. The molecule has 108 valence electrons. The first-order valence-corrected chi connectivity index (χ1v) is 7.24. The van der Waals surface area contributed by atoms with Crippen molar-refractivity contribution in [3.05, 3.63) is 29.8 Å². The van der Waals surface area contributed by atoms with Crippen LogP contribution in [0.3, 0.4) is 0 Å². The van der Waals surface area contributed by atoms with Gasteiger partial charge in [-0.15, -0.1) is 0 Å². The van der Waals surface area contributed by atoms with Crippen LogP contribution >= 0.6 is 0 Å². The van der Waals surface area contributed by atoms with Crippen LogP contribution in [0.4, 0.5) is 0 Å². The number of benzene rings is 1. The van der Waals surface area contributed by atoms with Gasteiger partial charge in [-0.05, 0) is 36.6 Å². The standard InChI is InChI=1S/C16H27NO2/c1-5-11-19-14-9-7-13(8-10-14)16(18)15(12(3)4)17-6-2/h7-10,12,15-18H,5-6,11H2,1-4H3. The van der Waals surface area contributed by atoms with E-state index in [1.807, 2.05) is 24.3 Å². The molecule has 1 aromatic rings. The Kier molecular flexibility index (Phi) is 6.89. The molecule has 3 heteroatoms. The number of hydrogen-bond donors (Lipinski definition) is 2. The van der Waals surface area contributed by atoms with Gasteiger partial charge in [0.2, 0.25) is 0 Å². The number of nitrogens with one attached hydrogen (secondary N) is 1. The molecule has 0 saturated carbocycles. The van der Waals surface area contributed by atoms with Gasteiger partial charge >= 0.3 is 0 Å². The highest BCUT2D eigenvalue weighted by Crippen LogP contribution is 2.24. The van der Waals surface area contributed by atoms with E-state index in [0.29, 0.717) is 5.92 Å². The Labute approximate surface area is 117 Å². The van der Waals surface area contributed by atoms with E-state index in [2.05, 4.69) is 33.0 Å². The van der Waals surface area contributed by atoms with E-state index in [-0.39, 0.29) is 6.04 Å². The van der Waals surface area contributed by atoms with Crippen molar-refractivity contribution >= 4 is 0 Å². The van der Waals surface area contributed by atoms with E-state index in [1.165, 1.54) is 0 Å². The summed E-state index contributed by atoms with van der Waals surface area (Å²) in [5, 5.41) is 13.8. The summed E-state index contributed by atoms with van der Waals surface area (Å²) in [6.45, 7) is 9.97. The van der Waals surface area contributed by atoms with E-state index >= 15 is 0 Å². The van der Waals surface area contributed by atoms with E-state index < -0.39 is 6.10 Å². The lowest BCUT2D eigenvalue weighted by Crippen LogP contribution is -2.39. The largest absolute Gasteiger partial charge is 0.494 e. The third kappa shape index (κ3) is 4.84. The lowest BCUT2D eigenvalue weighted by Gasteiger charge is -2.27. The predicted octanol–water partition coefficient (Wildman–Crippen LogP) is 3.14. The van der Waals surface area contributed by atoms with Gasteiger partial charge in [0, 0.05) is 6.04 Å². The SMILES string of the molecule is CCCOc1ccc(C(O)C(NCC)C(C)C)cc1. The minimum absolute atomic E-state index is 0.0763. The molecule has 3 nitrogen and oxygen atoms in total. The number of hydrogen-bond acceptors (Lipinski definition) is 3. The van der Waals surface area contributed by atoms with Crippen molar-refractivity contribution in [3.8, 4) is 5.75 Å². The van der Waals surface area contributed by atoms with Gasteiger partial charge in [0.15, 0.2) is 0 Å². The van der Waals surface area contributed by atoms with Gasteiger partial charge in [0.1, 0.15) is 5.75 Å². The summed E-state index contributed by atoms with van der Waals surface area (Å²) in [4.78, 5) is 0. The molecule has 1 rings (SSSR count). The Morgan fingerprint density at radius 3 is 2.26 bits per heavy atom. The summed E-state index contributed by atoms with van der Waals surface area (Å²) in [5.41, 5.74) is 0.934.